The van der Waals surface area contributed by atoms with Crippen LogP contribution in [0.2, 0.25) is 0 Å². The van der Waals surface area contributed by atoms with Crippen LogP contribution in [0.25, 0.3) is 0 Å². The van der Waals surface area contributed by atoms with Gasteiger partial charge in [0.05, 0.1) is 5.92 Å². The van der Waals surface area contributed by atoms with Gasteiger partial charge in [0.15, 0.2) is 5.78 Å². The van der Waals surface area contributed by atoms with Crippen molar-refractivity contribution in [2.45, 2.75) is 39.5 Å². The Morgan fingerprint density at radius 2 is 1.85 bits per heavy atom. The molecule has 3 N–H and O–H groups in total. The van der Waals surface area contributed by atoms with Crippen molar-refractivity contribution in [2.24, 2.45) is 0 Å². The van der Waals surface area contributed by atoms with E-state index in [1.54, 1.807) is 31.2 Å². The summed E-state index contributed by atoms with van der Waals surface area (Å²) in [4.78, 5) is 39.1. The number of hydrogen-bond acceptors (Lipinski definition) is 3. The van der Waals surface area contributed by atoms with Crippen molar-refractivity contribution >= 4 is 17.7 Å². The zero-order chi connectivity index (χ0) is 19.3. The van der Waals surface area contributed by atoms with E-state index >= 15 is 0 Å². The summed E-state index contributed by atoms with van der Waals surface area (Å²) in [6.45, 7) is 5.19. The first-order valence-electron chi connectivity index (χ1n) is 8.65. The minimum atomic E-state index is -1.00. The third kappa shape index (κ3) is 4.20. The second-order valence-electron chi connectivity index (χ2n) is 6.30. The van der Waals surface area contributed by atoms with Crippen molar-refractivity contribution in [1.29, 1.82) is 0 Å². The molecule has 1 aromatic heterocycles. The molecule has 0 fully saturated rings. The van der Waals surface area contributed by atoms with Gasteiger partial charge in [-0.25, -0.2) is 0 Å². The van der Waals surface area contributed by atoms with E-state index in [4.69, 9.17) is 0 Å². The van der Waals surface area contributed by atoms with Gasteiger partial charge < -0.3 is 15.4 Å². The number of H-pyrrole nitrogens is 1. The molecule has 1 unspecified atom stereocenters. The number of aromatic nitrogens is 1. The Balaban J connectivity index is 2.23. The van der Waals surface area contributed by atoms with Crippen molar-refractivity contribution < 1.29 is 19.5 Å². The minimum Gasteiger partial charge on any atom is -0.481 e. The van der Waals surface area contributed by atoms with Crippen LogP contribution >= 0.6 is 0 Å². The zero-order valence-corrected chi connectivity index (χ0v) is 15.3. The Hall–Kier alpha value is -2.89. The number of aromatic amines is 1. The first-order valence-corrected chi connectivity index (χ1v) is 8.65. The second kappa shape index (κ2) is 8.47. The molecule has 2 rings (SSSR count). The summed E-state index contributed by atoms with van der Waals surface area (Å²) in [5.41, 5.74) is 2.87. The molecule has 1 heterocycles. The number of carboxylic acids is 1. The Morgan fingerprint density at radius 3 is 2.38 bits per heavy atom. The highest BCUT2D eigenvalue weighted by Gasteiger charge is 2.24. The lowest BCUT2D eigenvalue weighted by Crippen LogP contribution is -2.32. The third-order valence-corrected chi connectivity index (χ3v) is 4.34. The number of hydrogen-bond donors (Lipinski definition) is 3. The number of Topliss-reactive ketones (excluding diaryl/α,β-unsaturated/α-hetero) is 1. The fourth-order valence-electron chi connectivity index (χ4n) is 3.16. The van der Waals surface area contributed by atoms with Crippen molar-refractivity contribution in [1.82, 2.24) is 10.3 Å². The quantitative estimate of drug-likeness (QED) is 0.633. The lowest BCUT2D eigenvalue weighted by Gasteiger charge is -2.14. The number of benzene rings is 1. The summed E-state index contributed by atoms with van der Waals surface area (Å²) in [5.74, 6) is -2.32. The second-order valence-corrected chi connectivity index (χ2v) is 6.30. The predicted molar refractivity (Wildman–Crippen MR) is 98.7 cm³/mol. The number of aliphatic carboxylic acids is 1. The van der Waals surface area contributed by atoms with Gasteiger partial charge >= 0.3 is 5.97 Å². The molecule has 6 nitrogen and oxygen atoms in total. The summed E-state index contributed by atoms with van der Waals surface area (Å²) in [6, 6.07) is 8.78. The largest absolute Gasteiger partial charge is 0.481 e. The topological polar surface area (TPSA) is 99.3 Å². The SMILES string of the molecule is CCCc1c(C(=O)NCC(C(=O)O)c2ccccc2)[nH]c(C)c1C(C)=O. The van der Waals surface area contributed by atoms with Gasteiger partial charge in [-0.3, -0.25) is 14.4 Å². The zero-order valence-electron chi connectivity index (χ0n) is 15.3. The van der Waals surface area contributed by atoms with Crippen LogP contribution in [-0.4, -0.2) is 34.3 Å². The smallest absolute Gasteiger partial charge is 0.312 e. The van der Waals surface area contributed by atoms with E-state index in [1.807, 2.05) is 13.0 Å². The molecule has 0 aliphatic heterocycles. The molecule has 0 saturated heterocycles. The van der Waals surface area contributed by atoms with Crippen LogP contribution in [-0.2, 0) is 11.2 Å². The van der Waals surface area contributed by atoms with Crippen LogP contribution in [0.15, 0.2) is 30.3 Å². The number of aryl methyl sites for hydroxylation is 1. The van der Waals surface area contributed by atoms with E-state index in [1.165, 1.54) is 6.92 Å². The Bertz CT molecular complexity index is 809. The van der Waals surface area contributed by atoms with Crippen molar-refractivity contribution in [3.63, 3.8) is 0 Å². The summed E-state index contributed by atoms with van der Waals surface area (Å²) in [7, 11) is 0. The van der Waals surface area contributed by atoms with Gasteiger partial charge in [0.1, 0.15) is 5.69 Å². The van der Waals surface area contributed by atoms with Crippen LogP contribution in [0, 0.1) is 6.92 Å². The highest BCUT2D eigenvalue weighted by Crippen LogP contribution is 2.22. The van der Waals surface area contributed by atoms with E-state index in [2.05, 4.69) is 10.3 Å². The number of amides is 1. The van der Waals surface area contributed by atoms with E-state index < -0.39 is 17.8 Å². The molecule has 0 spiro atoms. The van der Waals surface area contributed by atoms with Crippen molar-refractivity contribution in [3.8, 4) is 0 Å². The van der Waals surface area contributed by atoms with E-state index in [-0.39, 0.29) is 12.3 Å². The maximum absolute atomic E-state index is 12.6. The molecule has 6 heteroatoms. The van der Waals surface area contributed by atoms with Crippen LogP contribution in [0.4, 0.5) is 0 Å². The van der Waals surface area contributed by atoms with Gasteiger partial charge in [0.2, 0.25) is 0 Å². The maximum Gasteiger partial charge on any atom is 0.312 e. The molecule has 2 aromatic rings. The van der Waals surface area contributed by atoms with Crippen molar-refractivity contribution in [2.75, 3.05) is 6.54 Å². The molecule has 0 radical (unpaired) electrons. The molecule has 26 heavy (non-hydrogen) atoms. The van der Waals surface area contributed by atoms with Crippen molar-refractivity contribution in [3.05, 3.63) is 58.4 Å². The monoisotopic (exact) mass is 356 g/mol. The molecule has 1 aromatic carbocycles. The summed E-state index contributed by atoms with van der Waals surface area (Å²) in [5, 5.41) is 12.2. The average Bonchev–Trinajstić information content (AvgIpc) is 2.92. The Morgan fingerprint density at radius 1 is 1.19 bits per heavy atom. The van der Waals surface area contributed by atoms with Crippen LogP contribution < -0.4 is 5.32 Å². The van der Waals surface area contributed by atoms with E-state index in [9.17, 15) is 19.5 Å². The maximum atomic E-state index is 12.6. The van der Waals surface area contributed by atoms with Gasteiger partial charge in [-0.2, -0.15) is 0 Å². The van der Waals surface area contributed by atoms with E-state index in [0.29, 0.717) is 34.5 Å². The fourth-order valence-corrected chi connectivity index (χ4v) is 3.16. The highest BCUT2D eigenvalue weighted by atomic mass is 16.4. The van der Waals surface area contributed by atoms with Gasteiger partial charge in [-0.15, -0.1) is 0 Å². The third-order valence-electron chi connectivity index (χ3n) is 4.34. The summed E-state index contributed by atoms with van der Waals surface area (Å²) in [6.07, 6.45) is 1.39. The number of rotatable bonds is 8. The highest BCUT2D eigenvalue weighted by molar-refractivity contribution is 6.02. The Kier molecular flexibility index (Phi) is 6.33. The number of carboxylic acid groups (broad SMARTS) is 1. The van der Waals surface area contributed by atoms with E-state index in [0.717, 1.165) is 6.42 Å². The summed E-state index contributed by atoms with van der Waals surface area (Å²) < 4.78 is 0. The number of ketones is 1. The lowest BCUT2D eigenvalue weighted by molar-refractivity contribution is -0.138. The lowest BCUT2D eigenvalue weighted by atomic mass is 9.98. The fraction of sp³-hybridized carbons (Fsp3) is 0.350. The number of carbonyl (C=O) groups excluding carboxylic acids is 2. The minimum absolute atomic E-state index is 0.0305. The van der Waals surface area contributed by atoms with Crippen LogP contribution in [0.3, 0.4) is 0 Å². The molecule has 1 atom stereocenters. The number of carbonyl (C=O) groups is 3. The Labute approximate surface area is 152 Å². The molecular formula is C20H24N2O4. The molecule has 0 bridgehead atoms. The van der Waals surface area contributed by atoms with Crippen LogP contribution in [0.5, 0.6) is 0 Å². The summed E-state index contributed by atoms with van der Waals surface area (Å²) >= 11 is 0. The molecule has 0 saturated carbocycles. The van der Waals surface area contributed by atoms with Gasteiger partial charge in [-0.05, 0) is 31.4 Å². The number of nitrogens with one attached hydrogen (secondary N) is 2. The van der Waals surface area contributed by atoms with Gasteiger partial charge in [0, 0.05) is 17.8 Å². The average molecular weight is 356 g/mol. The first-order chi connectivity index (χ1) is 12.4. The van der Waals surface area contributed by atoms with Gasteiger partial charge in [-0.1, -0.05) is 43.7 Å². The first kappa shape index (κ1) is 19.4. The normalized spacial score (nSPS) is 11.8. The molecular weight excluding hydrogens is 332 g/mol. The standard InChI is InChI=1S/C20H24N2O4/c1-4-8-15-17(13(3)23)12(2)22-18(15)19(24)21-11-16(20(25)26)14-9-6-5-7-10-14/h5-7,9-10,16,22H,4,8,11H2,1-3H3,(H,21,24)(H,25,26). The predicted octanol–water partition coefficient (Wildman–Crippen LogP) is 3.08. The van der Waals surface area contributed by atoms with Gasteiger partial charge in [0.25, 0.3) is 5.91 Å². The molecule has 1 amide bonds. The molecule has 0 aliphatic rings. The molecule has 138 valence electrons. The molecule has 0 aliphatic carbocycles. The van der Waals surface area contributed by atoms with Crippen LogP contribution in [0.1, 0.15) is 63.9 Å².